The molecule has 0 radical (unpaired) electrons. The molecule has 1 amide bonds. The van der Waals surface area contributed by atoms with Crippen LogP contribution < -0.4 is 5.32 Å². The zero-order chi connectivity index (χ0) is 11.4. The molecule has 1 N–H and O–H groups in total. The quantitative estimate of drug-likeness (QED) is 0.757. The second kappa shape index (κ2) is 5.50. The lowest BCUT2D eigenvalue weighted by atomic mass is 10.1. The van der Waals surface area contributed by atoms with Gasteiger partial charge in [0.15, 0.2) is 0 Å². The van der Waals surface area contributed by atoms with Gasteiger partial charge in [-0.25, -0.2) is 0 Å². The zero-order valence-electron chi connectivity index (χ0n) is 10.4. The molecule has 1 saturated heterocycles. The molecule has 3 unspecified atom stereocenters. The molecular weight excluding hydrogens is 188 g/mol. The number of rotatable bonds is 5. The highest BCUT2D eigenvalue weighted by molar-refractivity contribution is 5.84. The maximum absolute atomic E-state index is 12.1. The topological polar surface area (TPSA) is 32.3 Å². The molecule has 1 rings (SSSR count). The van der Waals surface area contributed by atoms with Gasteiger partial charge in [0, 0.05) is 6.04 Å². The van der Waals surface area contributed by atoms with Crippen molar-refractivity contribution in [1.82, 2.24) is 10.2 Å². The summed E-state index contributed by atoms with van der Waals surface area (Å²) >= 11 is 0. The third kappa shape index (κ3) is 2.51. The molecule has 0 spiro atoms. The Hall–Kier alpha value is -0.570. The largest absolute Gasteiger partial charge is 0.323 e. The molecule has 0 aromatic heterocycles. The van der Waals surface area contributed by atoms with E-state index in [9.17, 15) is 4.79 Å². The van der Waals surface area contributed by atoms with Crippen LogP contribution >= 0.6 is 0 Å². The average molecular weight is 212 g/mol. The molecule has 1 fully saturated rings. The molecule has 0 saturated carbocycles. The van der Waals surface area contributed by atoms with Crippen molar-refractivity contribution < 1.29 is 4.79 Å². The second-order valence-electron chi connectivity index (χ2n) is 4.43. The van der Waals surface area contributed by atoms with Crippen LogP contribution in [0.3, 0.4) is 0 Å². The van der Waals surface area contributed by atoms with Crippen LogP contribution in [0, 0.1) is 0 Å². The number of amides is 1. The van der Waals surface area contributed by atoms with Crippen LogP contribution in [0.5, 0.6) is 0 Å². The molecule has 15 heavy (non-hydrogen) atoms. The first kappa shape index (κ1) is 12.5. The molecule has 0 aliphatic carbocycles. The lowest BCUT2D eigenvalue weighted by Crippen LogP contribution is -2.42. The molecule has 1 aliphatic heterocycles. The third-order valence-electron chi connectivity index (χ3n) is 3.31. The van der Waals surface area contributed by atoms with Gasteiger partial charge in [-0.3, -0.25) is 10.1 Å². The van der Waals surface area contributed by atoms with E-state index in [0.29, 0.717) is 11.9 Å². The molecule has 3 atom stereocenters. The summed E-state index contributed by atoms with van der Waals surface area (Å²) < 4.78 is 0. The van der Waals surface area contributed by atoms with Crippen LogP contribution in [0.2, 0.25) is 0 Å². The van der Waals surface area contributed by atoms with Crippen LogP contribution in [0.25, 0.3) is 0 Å². The fourth-order valence-electron chi connectivity index (χ4n) is 2.25. The first-order valence-corrected chi connectivity index (χ1v) is 6.23. The van der Waals surface area contributed by atoms with Crippen molar-refractivity contribution >= 4 is 5.91 Å². The lowest BCUT2D eigenvalue weighted by Gasteiger charge is -2.29. The van der Waals surface area contributed by atoms with E-state index in [0.717, 1.165) is 25.7 Å². The van der Waals surface area contributed by atoms with Gasteiger partial charge in [-0.15, -0.1) is 0 Å². The molecule has 88 valence electrons. The molecule has 3 nitrogen and oxygen atoms in total. The van der Waals surface area contributed by atoms with E-state index >= 15 is 0 Å². The van der Waals surface area contributed by atoms with Crippen molar-refractivity contribution in [2.24, 2.45) is 0 Å². The summed E-state index contributed by atoms with van der Waals surface area (Å²) in [5, 5.41) is 3.43. The first-order valence-electron chi connectivity index (χ1n) is 6.23. The van der Waals surface area contributed by atoms with Gasteiger partial charge in [-0.1, -0.05) is 27.2 Å². The maximum Gasteiger partial charge on any atom is 0.241 e. The predicted octanol–water partition coefficient (Wildman–Crippen LogP) is 2.12. The van der Waals surface area contributed by atoms with Crippen molar-refractivity contribution in [3.8, 4) is 0 Å². The minimum Gasteiger partial charge on any atom is -0.323 e. The van der Waals surface area contributed by atoms with Gasteiger partial charge in [-0.05, 0) is 26.2 Å². The Bertz CT molecular complexity index is 218. The zero-order valence-corrected chi connectivity index (χ0v) is 10.4. The summed E-state index contributed by atoms with van der Waals surface area (Å²) in [5.41, 5.74) is 0. The van der Waals surface area contributed by atoms with Crippen LogP contribution in [-0.4, -0.2) is 29.1 Å². The highest BCUT2D eigenvalue weighted by Gasteiger charge is 2.38. The molecular formula is C12H24N2O. The number of nitrogens with one attached hydrogen (secondary N) is 1. The van der Waals surface area contributed by atoms with Crippen LogP contribution in [0.4, 0.5) is 0 Å². The van der Waals surface area contributed by atoms with Crippen molar-refractivity contribution in [3.05, 3.63) is 0 Å². The van der Waals surface area contributed by atoms with Crippen molar-refractivity contribution in [3.63, 3.8) is 0 Å². The summed E-state index contributed by atoms with van der Waals surface area (Å²) in [6.45, 7) is 8.53. The third-order valence-corrected chi connectivity index (χ3v) is 3.31. The van der Waals surface area contributed by atoms with Gasteiger partial charge >= 0.3 is 0 Å². The van der Waals surface area contributed by atoms with E-state index < -0.39 is 0 Å². The van der Waals surface area contributed by atoms with E-state index in [1.54, 1.807) is 0 Å². The van der Waals surface area contributed by atoms with Crippen LogP contribution in [0.1, 0.15) is 53.4 Å². The first-order chi connectivity index (χ1) is 7.15. The monoisotopic (exact) mass is 212 g/mol. The normalized spacial score (nSPS) is 28.5. The van der Waals surface area contributed by atoms with Gasteiger partial charge in [0.05, 0.1) is 12.2 Å². The van der Waals surface area contributed by atoms with Gasteiger partial charge in [0.25, 0.3) is 0 Å². The summed E-state index contributed by atoms with van der Waals surface area (Å²) in [6, 6.07) is 0.422. The standard InChI is InChI=1S/C12H24N2O/c1-5-8-10-12(15)14(9(4)6-2)11(7-3)13-10/h9-11,13H,5-8H2,1-4H3. The second-order valence-corrected chi connectivity index (χ2v) is 4.43. The molecule has 1 heterocycles. The van der Waals surface area contributed by atoms with E-state index in [1.165, 1.54) is 0 Å². The van der Waals surface area contributed by atoms with E-state index in [-0.39, 0.29) is 12.2 Å². The van der Waals surface area contributed by atoms with Gasteiger partial charge in [0.1, 0.15) is 0 Å². The number of hydrogen-bond acceptors (Lipinski definition) is 2. The molecule has 0 aromatic rings. The molecule has 1 aliphatic rings. The van der Waals surface area contributed by atoms with Crippen molar-refractivity contribution in [2.75, 3.05) is 0 Å². The Balaban J connectivity index is 2.71. The maximum atomic E-state index is 12.1. The highest BCUT2D eigenvalue weighted by atomic mass is 16.2. The minimum absolute atomic E-state index is 0.0638. The minimum atomic E-state index is 0.0638. The van der Waals surface area contributed by atoms with Gasteiger partial charge in [-0.2, -0.15) is 0 Å². The number of nitrogens with zero attached hydrogens (tertiary/aromatic N) is 1. The van der Waals surface area contributed by atoms with Crippen LogP contribution in [0.15, 0.2) is 0 Å². The van der Waals surface area contributed by atoms with Gasteiger partial charge < -0.3 is 4.90 Å². The summed E-state index contributed by atoms with van der Waals surface area (Å²) in [7, 11) is 0. The Labute approximate surface area is 93.2 Å². The number of hydrogen-bond donors (Lipinski definition) is 1. The van der Waals surface area contributed by atoms with Gasteiger partial charge in [0.2, 0.25) is 5.91 Å². The fourth-order valence-corrected chi connectivity index (χ4v) is 2.25. The Kier molecular flexibility index (Phi) is 4.58. The van der Waals surface area contributed by atoms with Crippen molar-refractivity contribution in [1.29, 1.82) is 0 Å². The van der Waals surface area contributed by atoms with E-state index in [4.69, 9.17) is 0 Å². The van der Waals surface area contributed by atoms with E-state index in [1.807, 2.05) is 4.90 Å². The summed E-state index contributed by atoms with van der Waals surface area (Å²) in [4.78, 5) is 14.2. The fraction of sp³-hybridized carbons (Fsp3) is 0.917. The highest BCUT2D eigenvalue weighted by Crippen LogP contribution is 2.20. The van der Waals surface area contributed by atoms with Crippen molar-refractivity contribution in [2.45, 2.75) is 71.6 Å². The summed E-state index contributed by atoms with van der Waals surface area (Å²) in [5.74, 6) is 0.304. The molecule has 0 aromatic carbocycles. The lowest BCUT2D eigenvalue weighted by molar-refractivity contribution is -0.132. The summed E-state index contributed by atoms with van der Waals surface area (Å²) in [6.07, 6.45) is 4.30. The Morgan fingerprint density at radius 3 is 2.53 bits per heavy atom. The molecule has 3 heteroatoms. The Morgan fingerprint density at radius 1 is 1.40 bits per heavy atom. The average Bonchev–Trinajstić information content (AvgIpc) is 2.55. The Morgan fingerprint density at radius 2 is 2.07 bits per heavy atom. The smallest absolute Gasteiger partial charge is 0.241 e. The van der Waals surface area contributed by atoms with E-state index in [2.05, 4.69) is 33.0 Å². The van der Waals surface area contributed by atoms with Crippen LogP contribution in [-0.2, 0) is 4.79 Å². The predicted molar refractivity (Wildman–Crippen MR) is 62.5 cm³/mol. The number of carbonyl (C=O) groups excluding carboxylic acids is 1. The number of carbonyl (C=O) groups is 1. The SMILES string of the molecule is CCCC1NC(CC)N(C(C)CC)C1=O. The molecule has 0 bridgehead atoms.